The Morgan fingerprint density at radius 1 is 0.329 bits per heavy atom. The molecule has 10 rings (SSSR count). The molecule has 1 fully saturated rings. The van der Waals surface area contributed by atoms with Crippen LogP contribution in [0.15, 0.2) is 24.3 Å². The smallest absolute Gasteiger partial charge is 0.657 e. The SMILES string of the molecule is CN1C[C@@H]2c3nc(c(-c4c(F)c(F)c(F)c(F)c4F)c4ccc([n-]4)c(-c4c(F)c(F)c(F)c(F)c4F)c4nc(c(-c5c(F)c(F)c(F)c(F)c5F)c5ccc([n-]5)c3-c3c(F)c(F)c(F)c(F)c3F)C=C4)[C@@H]2C1.[Pt+2]. The second-order valence-electron chi connectivity index (χ2n) is 16.2. The topological polar surface area (TPSA) is 57.2 Å². The fraction of sp³-hybridized carbons (Fsp3) is 0.106. The number of rotatable bonds is 4. The van der Waals surface area contributed by atoms with Gasteiger partial charge in [-0.2, -0.15) is 0 Å². The normalized spacial score (nSPS) is 15.4. The largest absolute Gasteiger partial charge is 2.00 e. The number of likely N-dealkylation sites (tertiary alicyclic amines) is 1. The van der Waals surface area contributed by atoms with Gasteiger partial charge in [0.05, 0.1) is 45.0 Å². The fourth-order valence-electron chi connectivity index (χ4n) is 9.10. The van der Waals surface area contributed by atoms with Gasteiger partial charge in [-0.05, 0) is 41.5 Å². The third kappa shape index (κ3) is 7.30. The molecule has 3 aliphatic rings. The van der Waals surface area contributed by atoms with Crippen LogP contribution in [0.2, 0.25) is 0 Å². The molecule has 3 aromatic heterocycles. The molecule has 26 heteroatoms. The Kier molecular flexibility index (Phi) is 12.5. The first-order valence-corrected chi connectivity index (χ1v) is 20.1. The maximum atomic E-state index is 16.2. The van der Waals surface area contributed by atoms with E-state index in [9.17, 15) is 17.6 Å². The molecule has 2 atom stereocenters. The molecule has 0 spiro atoms. The van der Waals surface area contributed by atoms with Crippen molar-refractivity contribution in [2.45, 2.75) is 11.8 Å². The molecule has 378 valence electrons. The van der Waals surface area contributed by atoms with Crippen molar-refractivity contribution in [2.24, 2.45) is 0 Å². The quantitative estimate of drug-likeness (QED) is 0.0998. The van der Waals surface area contributed by atoms with Gasteiger partial charge < -0.3 is 14.9 Å². The summed E-state index contributed by atoms with van der Waals surface area (Å²) in [6, 6.07) is 2.50. The van der Waals surface area contributed by atoms with E-state index in [-0.39, 0.29) is 21.1 Å². The molecular weight excluding hydrogens is 1210 g/mol. The van der Waals surface area contributed by atoms with E-state index in [1.54, 1.807) is 0 Å². The number of aromatic nitrogens is 4. The number of halogens is 20. The van der Waals surface area contributed by atoms with Crippen molar-refractivity contribution < 1.29 is 109 Å². The van der Waals surface area contributed by atoms with Crippen LogP contribution in [0.25, 0.3) is 78.7 Å². The van der Waals surface area contributed by atoms with E-state index in [1.165, 1.54) is 11.9 Å². The molecule has 0 N–H and O–H groups in total. The van der Waals surface area contributed by atoms with E-state index in [2.05, 4.69) is 19.9 Å². The van der Waals surface area contributed by atoms with Crippen LogP contribution in [-0.2, 0) is 21.1 Å². The first-order chi connectivity index (χ1) is 34.0. The summed E-state index contributed by atoms with van der Waals surface area (Å²) < 4.78 is 308. The summed E-state index contributed by atoms with van der Waals surface area (Å²) in [4.78, 5) is 17.7. The van der Waals surface area contributed by atoms with Crippen LogP contribution in [0.5, 0.6) is 0 Å². The molecule has 0 aliphatic carbocycles. The van der Waals surface area contributed by atoms with Gasteiger partial charge in [0.2, 0.25) is 23.3 Å². The van der Waals surface area contributed by atoms with E-state index in [4.69, 9.17) is 0 Å². The summed E-state index contributed by atoms with van der Waals surface area (Å²) in [5, 5.41) is 0. The molecule has 73 heavy (non-hydrogen) atoms. The van der Waals surface area contributed by atoms with Gasteiger partial charge in [0.1, 0.15) is 0 Å². The maximum Gasteiger partial charge on any atom is 2.00 e. The molecule has 5 nitrogen and oxygen atoms in total. The van der Waals surface area contributed by atoms with Crippen molar-refractivity contribution in [1.82, 2.24) is 24.8 Å². The zero-order valence-corrected chi connectivity index (χ0v) is 37.4. The second-order valence-corrected chi connectivity index (χ2v) is 16.2. The van der Waals surface area contributed by atoms with E-state index >= 15 is 70.2 Å². The van der Waals surface area contributed by atoms with Crippen molar-refractivity contribution in [3.8, 4) is 44.5 Å². The minimum atomic E-state index is -2.72. The third-order valence-corrected chi connectivity index (χ3v) is 12.3. The Bertz CT molecular complexity index is 3480. The molecule has 0 radical (unpaired) electrons. The van der Waals surface area contributed by atoms with Crippen molar-refractivity contribution in [3.05, 3.63) is 163 Å². The van der Waals surface area contributed by atoms with Gasteiger partial charge in [-0.1, -0.05) is 24.3 Å². The van der Waals surface area contributed by atoms with Gasteiger partial charge in [0.25, 0.3) is 0 Å². The fourth-order valence-corrected chi connectivity index (χ4v) is 9.10. The van der Waals surface area contributed by atoms with Gasteiger partial charge in [-0.15, -0.1) is 22.1 Å². The Morgan fingerprint density at radius 3 is 0.808 bits per heavy atom. The van der Waals surface area contributed by atoms with Crippen LogP contribution < -0.4 is 9.97 Å². The number of nitrogens with zero attached hydrogens (tertiary/aromatic N) is 5. The molecule has 1 saturated heterocycles. The number of benzene rings is 4. The zero-order valence-electron chi connectivity index (χ0n) is 35.1. The van der Waals surface area contributed by atoms with Crippen LogP contribution >= 0.6 is 0 Å². The molecule has 0 unspecified atom stereocenters. The monoisotopic (exact) mass is 1220 g/mol. The summed E-state index contributed by atoms with van der Waals surface area (Å²) in [6.45, 7) is -0.798. The minimum Gasteiger partial charge on any atom is -0.657 e. The average molecular weight is 1220 g/mol. The Morgan fingerprint density at radius 2 is 0.548 bits per heavy atom. The van der Waals surface area contributed by atoms with E-state index in [0.29, 0.717) is 36.4 Å². The van der Waals surface area contributed by atoms with E-state index in [0.717, 1.165) is 0 Å². The summed E-state index contributed by atoms with van der Waals surface area (Å²) in [5.41, 5.74) is -20.5. The molecule has 0 amide bonds. The van der Waals surface area contributed by atoms with Crippen molar-refractivity contribution in [1.29, 1.82) is 0 Å². The zero-order chi connectivity index (χ0) is 52.0. The molecule has 6 heterocycles. The van der Waals surface area contributed by atoms with E-state index in [1.807, 2.05) is 0 Å². The van der Waals surface area contributed by atoms with Gasteiger partial charge >= 0.3 is 21.1 Å². The number of fused-ring (bicyclic) bond motifs is 11. The summed E-state index contributed by atoms with van der Waals surface area (Å²) in [7, 11) is 1.34. The van der Waals surface area contributed by atoms with E-state index < -0.39 is 231 Å². The Balaban J connectivity index is 0.00000656. The summed E-state index contributed by atoms with van der Waals surface area (Å²) in [6.07, 6.45) is 1.18. The van der Waals surface area contributed by atoms with Crippen LogP contribution in [-0.4, -0.2) is 35.0 Å². The standard InChI is InChI=1S/C47H15F20N5.Pt/c1-72-8-10-11(9-72)47-21(25-32(54)40(62)45(67)41(63)33(25)55)17-7-5-15(70-17)19(23-28(50)36(58)43(65)37(59)29(23)51)13-3-2-12(68-13)18(22-26(48)34(56)42(64)35(57)27(22)49)14-4-6-16(69-14)20(46(10)71-47)24-30(52)38(60)44(66)39(61)31(24)53;/h2-7,10-11H,8-9H2,1H3;/q-2;+2/t10-,11+;. The Hall–Kier alpha value is -7.01. The molecule has 4 aromatic carbocycles. The van der Waals surface area contributed by atoms with Gasteiger partial charge in [-0.25, -0.2) is 92.8 Å². The number of hydrogen-bond acceptors (Lipinski definition) is 3. The first-order valence-electron chi connectivity index (χ1n) is 20.1. The average Bonchev–Trinajstić information content (AvgIpc) is 4.23. The van der Waals surface area contributed by atoms with Gasteiger partial charge in [0.15, 0.2) is 93.1 Å². The van der Waals surface area contributed by atoms with Crippen LogP contribution in [0.4, 0.5) is 87.8 Å². The van der Waals surface area contributed by atoms with Crippen LogP contribution in [0.3, 0.4) is 0 Å². The predicted molar refractivity (Wildman–Crippen MR) is 212 cm³/mol. The van der Waals surface area contributed by atoms with Crippen LogP contribution in [0.1, 0.15) is 34.6 Å². The predicted octanol–water partition coefficient (Wildman–Crippen LogP) is 13.0. The van der Waals surface area contributed by atoms with Crippen molar-refractivity contribution in [2.75, 3.05) is 20.1 Å². The van der Waals surface area contributed by atoms with Crippen molar-refractivity contribution >= 4 is 34.2 Å². The Labute approximate surface area is 406 Å². The van der Waals surface area contributed by atoms with Gasteiger partial charge in [0, 0.05) is 24.9 Å². The number of likely N-dealkylation sites (N-methyl/N-ethyl adjacent to an activating group) is 1. The maximum absolute atomic E-state index is 16.2. The molecule has 3 aliphatic heterocycles. The number of hydrogen-bond donors (Lipinski definition) is 0. The molecule has 7 aromatic rings. The molecule has 0 saturated carbocycles. The molecule has 8 bridgehead atoms. The molecular formula is C47H15F20N5Pt. The minimum absolute atomic E-state index is 0. The van der Waals surface area contributed by atoms with Crippen molar-refractivity contribution in [3.63, 3.8) is 0 Å². The van der Waals surface area contributed by atoms with Crippen LogP contribution in [0, 0.1) is 116 Å². The second kappa shape index (κ2) is 17.9. The first kappa shape index (κ1) is 50.9. The summed E-state index contributed by atoms with van der Waals surface area (Å²) >= 11 is 0. The third-order valence-electron chi connectivity index (χ3n) is 12.3. The van der Waals surface area contributed by atoms with Gasteiger partial charge in [-0.3, -0.25) is 4.98 Å². The summed E-state index contributed by atoms with van der Waals surface area (Å²) in [5.74, 6) is -55.6.